The van der Waals surface area contributed by atoms with E-state index < -0.39 is 0 Å². The Hall–Kier alpha value is -1.96. The van der Waals surface area contributed by atoms with E-state index in [4.69, 9.17) is 4.42 Å². The van der Waals surface area contributed by atoms with Crippen LogP contribution in [0.1, 0.15) is 29.6 Å². The van der Waals surface area contributed by atoms with Gasteiger partial charge in [-0.15, -0.1) is 0 Å². The molecular formula is C21H31N5O2. The second kappa shape index (κ2) is 7.81. The zero-order chi connectivity index (χ0) is 19.7. The summed E-state index contributed by atoms with van der Waals surface area (Å²) in [6.45, 7) is 12.7. The van der Waals surface area contributed by atoms with Gasteiger partial charge < -0.3 is 14.8 Å². The fraction of sp³-hybridized carbons (Fsp3) is 0.619. The summed E-state index contributed by atoms with van der Waals surface area (Å²) in [5.74, 6) is 3.18. The predicted molar refractivity (Wildman–Crippen MR) is 108 cm³/mol. The number of likely N-dealkylation sites (tertiary alicyclic amines) is 2. The summed E-state index contributed by atoms with van der Waals surface area (Å²) in [6, 6.07) is 2.14. The summed E-state index contributed by atoms with van der Waals surface area (Å²) < 4.78 is 5.86. The Labute approximate surface area is 166 Å². The highest BCUT2D eigenvalue weighted by Gasteiger charge is 2.51. The maximum absolute atomic E-state index is 10.2. The lowest BCUT2D eigenvalue weighted by Gasteiger charge is -2.27. The zero-order valence-corrected chi connectivity index (χ0v) is 17.1. The highest BCUT2D eigenvalue weighted by Crippen LogP contribution is 2.43. The highest BCUT2D eigenvalue weighted by atomic mass is 16.3. The molecule has 2 aromatic rings. The van der Waals surface area contributed by atoms with Crippen LogP contribution in [0.4, 0.5) is 5.95 Å². The topological polar surface area (TPSA) is 77.7 Å². The molecule has 0 spiro atoms. The molecule has 2 fully saturated rings. The van der Waals surface area contributed by atoms with Crippen LogP contribution in [0, 0.1) is 25.2 Å². The van der Waals surface area contributed by atoms with Crippen molar-refractivity contribution in [1.82, 2.24) is 19.8 Å². The number of furan rings is 1. The Bertz CT molecular complexity index is 786. The van der Waals surface area contributed by atoms with E-state index in [9.17, 15) is 5.11 Å². The average Bonchev–Trinajstić information content (AvgIpc) is 3.27. The van der Waals surface area contributed by atoms with Gasteiger partial charge in [-0.05, 0) is 38.3 Å². The van der Waals surface area contributed by atoms with E-state index in [1.807, 2.05) is 26.2 Å². The SMILES string of the molecule is CCNc1ncc(CN2CC3CN(Cc4cc(C)c(C)o4)CC3(CO)C2)cn1. The number of rotatable bonds is 7. The maximum atomic E-state index is 10.2. The monoisotopic (exact) mass is 385 g/mol. The first-order valence-corrected chi connectivity index (χ1v) is 10.2. The number of hydrogen-bond donors (Lipinski definition) is 2. The quantitative estimate of drug-likeness (QED) is 0.755. The van der Waals surface area contributed by atoms with Gasteiger partial charge in [-0.1, -0.05) is 0 Å². The van der Waals surface area contributed by atoms with Crippen molar-refractivity contribution in [1.29, 1.82) is 0 Å². The number of aliphatic hydroxyl groups is 1. The van der Waals surface area contributed by atoms with Crippen LogP contribution in [0.25, 0.3) is 0 Å². The van der Waals surface area contributed by atoms with Gasteiger partial charge in [-0.3, -0.25) is 9.80 Å². The molecule has 2 N–H and O–H groups in total. The third-order valence-corrected chi connectivity index (χ3v) is 6.26. The first-order valence-electron chi connectivity index (χ1n) is 10.2. The molecule has 4 heterocycles. The van der Waals surface area contributed by atoms with E-state index >= 15 is 0 Å². The van der Waals surface area contributed by atoms with E-state index in [-0.39, 0.29) is 12.0 Å². The van der Waals surface area contributed by atoms with Crippen LogP contribution in [0.15, 0.2) is 22.9 Å². The van der Waals surface area contributed by atoms with Gasteiger partial charge in [0.05, 0.1) is 13.2 Å². The molecule has 2 unspecified atom stereocenters. The van der Waals surface area contributed by atoms with Crippen molar-refractivity contribution in [2.75, 3.05) is 44.6 Å². The third kappa shape index (κ3) is 3.79. The van der Waals surface area contributed by atoms with E-state index in [0.717, 1.165) is 62.9 Å². The molecular weight excluding hydrogens is 354 g/mol. The molecule has 0 aliphatic carbocycles. The first kappa shape index (κ1) is 19.4. The third-order valence-electron chi connectivity index (χ3n) is 6.26. The minimum Gasteiger partial charge on any atom is -0.465 e. The van der Waals surface area contributed by atoms with E-state index in [2.05, 4.69) is 38.1 Å². The Morgan fingerprint density at radius 2 is 1.86 bits per heavy atom. The van der Waals surface area contributed by atoms with Gasteiger partial charge in [-0.25, -0.2) is 9.97 Å². The van der Waals surface area contributed by atoms with Gasteiger partial charge in [0.2, 0.25) is 5.95 Å². The van der Waals surface area contributed by atoms with Crippen LogP contribution >= 0.6 is 0 Å². The standard InChI is InChI=1S/C21H31N5O2/c1-4-22-20-23-6-17(7-24-20)8-25-9-18-10-26(13-21(18,12-25)14-27)11-19-5-15(2)16(3)28-19/h5-7,18,27H,4,8-14H2,1-3H3,(H,22,23,24). The smallest absolute Gasteiger partial charge is 0.222 e. The Morgan fingerprint density at radius 3 is 2.39 bits per heavy atom. The summed E-state index contributed by atoms with van der Waals surface area (Å²) >= 11 is 0. The molecule has 0 bridgehead atoms. The number of fused-ring (bicyclic) bond motifs is 1. The molecule has 0 radical (unpaired) electrons. The van der Waals surface area contributed by atoms with Crippen molar-refractivity contribution in [2.24, 2.45) is 11.3 Å². The number of aromatic nitrogens is 2. The molecule has 2 aliphatic heterocycles. The van der Waals surface area contributed by atoms with Gasteiger partial charge >= 0.3 is 0 Å². The van der Waals surface area contributed by atoms with Gasteiger partial charge in [0, 0.05) is 62.6 Å². The Morgan fingerprint density at radius 1 is 1.18 bits per heavy atom. The molecule has 0 aromatic carbocycles. The first-order chi connectivity index (χ1) is 13.5. The normalized spacial score (nSPS) is 25.4. The van der Waals surface area contributed by atoms with Crippen LogP contribution in [-0.2, 0) is 13.1 Å². The van der Waals surface area contributed by atoms with Crippen LogP contribution in [0.2, 0.25) is 0 Å². The molecule has 7 heteroatoms. The molecule has 2 atom stereocenters. The van der Waals surface area contributed by atoms with E-state index in [0.29, 0.717) is 11.9 Å². The molecule has 2 aliphatic rings. The molecule has 2 saturated heterocycles. The molecule has 7 nitrogen and oxygen atoms in total. The lowest BCUT2D eigenvalue weighted by Crippen LogP contribution is -2.36. The van der Waals surface area contributed by atoms with Crippen LogP contribution < -0.4 is 5.32 Å². The minimum absolute atomic E-state index is 0.0404. The van der Waals surface area contributed by atoms with E-state index in [1.165, 1.54) is 5.56 Å². The van der Waals surface area contributed by atoms with Crippen LogP contribution in [-0.4, -0.2) is 64.2 Å². The fourth-order valence-electron chi connectivity index (χ4n) is 4.76. The molecule has 2 aromatic heterocycles. The molecule has 0 saturated carbocycles. The summed E-state index contributed by atoms with van der Waals surface area (Å²) in [6.07, 6.45) is 3.80. The fourth-order valence-corrected chi connectivity index (χ4v) is 4.76. The minimum atomic E-state index is -0.0404. The van der Waals surface area contributed by atoms with E-state index in [1.54, 1.807) is 0 Å². The van der Waals surface area contributed by atoms with Crippen molar-refractivity contribution in [3.8, 4) is 0 Å². The number of nitrogens with one attached hydrogen (secondary N) is 1. The van der Waals surface area contributed by atoms with Crippen LogP contribution in [0.3, 0.4) is 0 Å². The van der Waals surface area contributed by atoms with Gasteiger partial charge in [0.25, 0.3) is 0 Å². The van der Waals surface area contributed by atoms with Crippen molar-refractivity contribution in [3.05, 3.63) is 41.1 Å². The van der Waals surface area contributed by atoms with Gasteiger partial charge in [0.1, 0.15) is 11.5 Å². The van der Waals surface area contributed by atoms with Crippen molar-refractivity contribution in [3.63, 3.8) is 0 Å². The second-order valence-corrected chi connectivity index (χ2v) is 8.45. The number of anilines is 1. The van der Waals surface area contributed by atoms with Crippen molar-refractivity contribution in [2.45, 2.75) is 33.9 Å². The number of nitrogens with zero attached hydrogens (tertiary/aromatic N) is 4. The zero-order valence-electron chi connectivity index (χ0n) is 17.1. The largest absolute Gasteiger partial charge is 0.465 e. The summed E-state index contributed by atoms with van der Waals surface area (Å²) in [5.41, 5.74) is 2.29. The summed E-state index contributed by atoms with van der Waals surface area (Å²) in [5, 5.41) is 13.4. The molecule has 28 heavy (non-hydrogen) atoms. The van der Waals surface area contributed by atoms with Gasteiger partial charge in [-0.2, -0.15) is 0 Å². The lowest BCUT2D eigenvalue weighted by atomic mass is 9.82. The predicted octanol–water partition coefficient (Wildman–Crippen LogP) is 2.04. The Balaban J connectivity index is 1.36. The molecule has 152 valence electrons. The number of aryl methyl sites for hydroxylation is 2. The highest BCUT2D eigenvalue weighted by molar-refractivity contribution is 5.24. The summed E-state index contributed by atoms with van der Waals surface area (Å²) in [4.78, 5) is 13.6. The molecule has 4 rings (SSSR count). The average molecular weight is 386 g/mol. The molecule has 0 amide bonds. The van der Waals surface area contributed by atoms with Gasteiger partial charge in [0.15, 0.2) is 0 Å². The summed E-state index contributed by atoms with van der Waals surface area (Å²) in [7, 11) is 0. The van der Waals surface area contributed by atoms with Crippen molar-refractivity contribution < 1.29 is 9.52 Å². The number of aliphatic hydroxyl groups excluding tert-OH is 1. The Kier molecular flexibility index (Phi) is 5.40. The van der Waals surface area contributed by atoms with Crippen molar-refractivity contribution >= 4 is 5.95 Å². The second-order valence-electron chi connectivity index (χ2n) is 8.45. The maximum Gasteiger partial charge on any atom is 0.222 e. The van der Waals surface area contributed by atoms with Crippen LogP contribution in [0.5, 0.6) is 0 Å². The lowest BCUT2D eigenvalue weighted by molar-refractivity contribution is 0.109. The number of hydrogen-bond acceptors (Lipinski definition) is 7.